The third-order valence-corrected chi connectivity index (χ3v) is 4.63. The zero-order chi connectivity index (χ0) is 15.0. The first-order valence-corrected chi connectivity index (χ1v) is 7.41. The first-order chi connectivity index (χ1) is 9.95. The van der Waals surface area contributed by atoms with Crippen LogP contribution in [-0.2, 0) is 0 Å². The van der Waals surface area contributed by atoms with Crippen molar-refractivity contribution in [2.75, 3.05) is 0 Å². The number of hydrogen-bond donors (Lipinski definition) is 2. The fourth-order valence-corrected chi connectivity index (χ4v) is 3.60. The molecule has 0 heterocycles. The molecule has 1 amide bonds. The van der Waals surface area contributed by atoms with E-state index < -0.39 is 11.8 Å². The number of benzene rings is 1. The van der Waals surface area contributed by atoms with Crippen molar-refractivity contribution >= 4 is 23.2 Å². The zero-order valence-electron chi connectivity index (χ0n) is 11.3. The highest BCUT2D eigenvalue weighted by molar-refractivity contribution is 7.80. The summed E-state index contributed by atoms with van der Waals surface area (Å²) in [4.78, 5) is 11.9. The molecule has 2 bridgehead atoms. The zero-order valence-corrected chi connectivity index (χ0v) is 12.1. The molecule has 6 heteroatoms. The van der Waals surface area contributed by atoms with Crippen LogP contribution in [0.2, 0.25) is 0 Å². The van der Waals surface area contributed by atoms with Crippen LogP contribution in [0, 0.1) is 11.8 Å². The topological polar surface area (TPSA) is 41.1 Å². The third-order valence-electron chi connectivity index (χ3n) is 4.41. The second-order valence-corrected chi connectivity index (χ2v) is 6.20. The lowest BCUT2D eigenvalue weighted by atomic mass is 9.92. The molecule has 1 aromatic carbocycles. The van der Waals surface area contributed by atoms with Crippen molar-refractivity contribution in [3.8, 4) is 0 Å². The second-order valence-electron chi connectivity index (χ2n) is 5.79. The Labute approximate surface area is 127 Å². The number of nitrogens with one attached hydrogen (secondary N) is 2. The minimum Gasteiger partial charge on any atom is -0.359 e. The fraction of sp³-hybridized carbons (Fsp3) is 0.467. The molecule has 1 aromatic rings. The Morgan fingerprint density at radius 1 is 1.24 bits per heavy atom. The van der Waals surface area contributed by atoms with Gasteiger partial charge < -0.3 is 5.32 Å². The Bertz CT molecular complexity index is 564. The Balaban J connectivity index is 1.53. The predicted molar refractivity (Wildman–Crippen MR) is 79.2 cm³/mol. The average molecular weight is 310 g/mol. The summed E-state index contributed by atoms with van der Waals surface area (Å²) >= 11 is 5.11. The Hall–Kier alpha value is -1.56. The minimum atomic E-state index is -2.53. The van der Waals surface area contributed by atoms with Crippen LogP contribution < -0.4 is 10.6 Å². The molecule has 2 aliphatic rings. The van der Waals surface area contributed by atoms with E-state index in [9.17, 15) is 13.6 Å². The number of thiocarbonyl (C=S) groups is 1. The summed E-state index contributed by atoms with van der Waals surface area (Å²) in [6.07, 6.45) is 0.878. The van der Waals surface area contributed by atoms with E-state index >= 15 is 0 Å². The van der Waals surface area contributed by atoms with Gasteiger partial charge in [0.2, 0.25) is 0 Å². The average Bonchev–Trinajstić information content (AvgIpc) is 2.95. The molecule has 21 heavy (non-hydrogen) atoms. The normalized spacial score (nSPS) is 29.1. The highest BCUT2D eigenvalue weighted by Gasteiger charge is 2.56. The molecule has 0 aliphatic heterocycles. The fourth-order valence-electron chi connectivity index (χ4n) is 3.36. The Kier molecular flexibility index (Phi) is 3.65. The third kappa shape index (κ3) is 2.90. The van der Waals surface area contributed by atoms with Crippen molar-refractivity contribution in [2.45, 2.75) is 31.2 Å². The van der Waals surface area contributed by atoms with Gasteiger partial charge >= 0.3 is 0 Å². The first kappa shape index (κ1) is 14.4. The highest BCUT2D eigenvalue weighted by atomic mass is 32.1. The Morgan fingerprint density at radius 3 is 2.52 bits per heavy atom. The van der Waals surface area contributed by atoms with Crippen LogP contribution in [-0.4, -0.2) is 23.0 Å². The monoisotopic (exact) mass is 310 g/mol. The van der Waals surface area contributed by atoms with Crippen LogP contribution >= 0.6 is 12.2 Å². The van der Waals surface area contributed by atoms with Crippen LogP contribution in [0.25, 0.3) is 0 Å². The molecular formula is C15H16F2N2OS. The van der Waals surface area contributed by atoms with Gasteiger partial charge in [-0.2, -0.15) is 0 Å². The van der Waals surface area contributed by atoms with Crippen LogP contribution in [0.5, 0.6) is 0 Å². The van der Waals surface area contributed by atoms with Crippen molar-refractivity contribution in [1.82, 2.24) is 10.6 Å². The summed E-state index contributed by atoms with van der Waals surface area (Å²) in [7, 11) is 0. The minimum absolute atomic E-state index is 0.0572. The molecule has 2 saturated carbocycles. The van der Waals surface area contributed by atoms with E-state index in [1.807, 2.05) is 6.07 Å². The second kappa shape index (κ2) is 5.33. The van der Waals surface area contributed by atoms with Gasteiger partial charge in [0, 0.05) is 23.9 Å². The van der Waals surface area contributed by atoms with Crippen molar-refractivity contribution in [3.05, 3.63) is 35.9 Å². The van der Waals surface area contributed by atoms with Gasteiger partial charge in [-0.1, -0.05) is 18.2 Å². The number of fused-ring (bicyclic) bond motifs is 2. The standard InChI is InChI=1S/C15H16F2N2OS/c16-15(17)8-10-6-11(15)7-12(10)18-14(21)19-13(20)9-4-2-1-3-5-9/h1-5,10-12H,6-8H2,(H2,18,19,20,21)/t10?,11-,12+/m1/s1. The van der Waals surface area contributed by atoms with Gasteiger partial charge in [0.15, 0.2) is 5.11 Å². The number of amides is 1. The van der Waals surface area contributed by atoms with Crippen LogP contribution in [0.3, 0.4) is 0 Å². The number of halogens is 2. The van der Waals surface area contributed by atoms with Gasteiger partial charge in [0.05, 0.1) is 0 Å². The molecule has 0 aromatic heterocycles. The molecule has 0 spiro atoms. The van der Waals surface area contributed by atoms with Crippen molar-refractivity contribution in [1.29, 1.82) is 0 Å². The highest BCUT2D eigenvalue weighted by Crippen LogP contribution is 2.53. The molecular weight excluding hydrogens is 294 g/mol. The number of hydrogen-bond acceptors (Lipinski definition) is 2. The van der Waals surface area contributed by atoms with E-state index in [1.54, 1.807) is 24.3 Å². The summed E-state index contributed by atoms with van der Waals surface area (Å²) in [5.41, 5.74) is 0.515. The van der Waals surface area contributed by atoms with Crippen molar-refractivity contribution in [3.63, 3.8) is 0 Å². The van der Waals surface area contributed by atoms with Gasteiger partial charge in [-0.15, -0.1) is 0 Å². The van der Waals surface area contributed by atoms with Gasteiger partial charge in [0.1, 0.15) is 0 Å². The maximum Gasteiger partial charge on any atom is 0.257 e. The lowest BCUT2D eigenvalue weighted by Gasteiger charge is -2.29. The largest absolute Gasteiger partial charge is 0.359 e. The molecule has 3 rings (SSSR count). The summed E-state index contributed by atoms with van der Waals surface area (Å²) in [5, 5.41) is 5.82. The van der Waals surface area contributed by atoms with E-state index in [0.717, 1.165) is 0 Å². The molecule has 2 aliphatic carbocycles. The van der Waals surface area contributed by atoms with Crippen LogP contribution in [0.4, 0.5) is 8.78 Å². The quantitative estimate of drug-likeness (QED) is 0.825. The molecule has 3 atom stereocenters. The van der Waals surface area contributed by atoms with Crippen LogP contribution in [0.1, 0.15) is 29.6 Å². The number of carbonyl (C=O) groups excluding carboxylic acids is 1. The maximum absolute atomic E-state index is 13.5. The molecule has 2 fully saturated rings. The number of alkyl halides is 2. The lowest BCUT2D eigenvalue weighted by molar-refractivity contribution is -0.0554. The molecule has 0 radical (unpaired) electrons. The molecule has 0 saturated heterocycles. The molecule has 3 nitrogen and oxygen atoms in total. The van der Waals surface area contributed by atoms with E-state index in [-0.39, 0.29) is 29.4 Å². The van der Waals surface area contributed by atoms with Crippen molar-refractivity contribution < 1.29 is 13.6 Å². The smallest absolute Gasteiger partial charge is 0.257 e. The molecule has 112 valence electrons. The van der Waals surface area contributed by atoms with E-state index in [4.69, 9.17) is 12.2 Å². The first-order valence-electron chi connectivity index (χ1n) is 7.00. The lowest BCUT2D eigenvalue weighted by Crippen LogP contribution is -2.48. The van der Waals surface area contributed by atoms with Crippen LogP contribution in [0.15, 0.2) is 30.3 Å². The van der Waals surface area contributed by atoms with E-state index in [2.05, 4.69) is 10.6 Å². The predicted octanol–water partition coefficient (Wildman–Crippen LogP) is 2.72. The van der Waals surface area contributed by atoms with E-state index in [1.165, 1.54) is 0 Å². The Morgan fingerprint density at radius 2 is 1.95 bits per heavy atom. The van der Waals surface area contributed by atoms with E-state index in [0.29, 0.717) is 18.4 Å². The number of rotatable bonds is 2. The molecule has 1 unspecified atom stereocenters. The van der Waals surface area contributed by atoms with Gasteiger partial charge in [-0.25, -0.2) is 8.78 Å². The summed E-state index contributed by atoms with van der Waals surface area (Å²) in [6, 6.07) is 8.68. The van der Waals surface area contributed by atoms with Crippen molar-refractivity contribution in [2.24, 2.45) is 11.8 Å². The van der Waals surface area contributed by atoms with Gasteiger partial charge in [-0.3, -0.25) is 10.1 Å². The number of carbonyl (C=O) groups is 1. The molecule has 2 N–H and O–H groups in total. The SMILES string of the molecule is O=C(NC(=S)N[C@H]1C[C@H]2CC1CC2(F)F)c1ccccc1. The summed E-state index contributed by atoms with van der Waals surface area (Å²) in [5.74, 6) is -3.43. The van der Waals surface area contributed by atoms with Gasteiger partial charge in [0.25, 0.3) is 11.8 Å². The summed E-state index contributed by atoms with van der Waals surface area (Å²) in [6.45, 7) is 0. The summed E-state index contributed by atoms with van der Waals surface area (Å²) < 4.78 is 26.9. The van der Waals surface area contributed by atoms with Gasteiger partial charge in [-0.05, 0) is 43.1 Å². The maximum atomic E-state index is 13.5.